The van der Waals surface area contributed by atoms with E-state index in [9.17, 15) is 18.0 Å². The van der Waals surface area contributed by atoms with E-state index in [4.69, 9.17) is 9.47 Å². The second kappa shape index (κ2) is 11.1. The van der Waals surface area contributed by atoms with Gasteiger partial charge in [-0.1, -0.05) is 24.6 Å². The molecule has 2 aromatic carbocycles. The molecule has 0 bridgehead atoms. The van der Waals surface area contributed by atoms with Crippen molar-refractivity contribution < 1.29 is 31.9 Å². The minimum absolute atomic E-state index is 0.134. The first kappa shape index (κ1) is 28.7. The first-order valence-electron chi connectivity index (χ1n) is 13.1. The number of carbonyl (C=O) groups excluding carboxylic acids is 1. The van der Waals surface area contributed by atoms with Crippen LogP contribution in [0.1, 0.15) is 42.4 Å². The van der Waals surface area contributed by atoms with Crippen molar-refractivity contribution in [3.05, 3.63) is 77.9 Å². The van der Waals surface area contributed by atoms with Crippen molar-refractivity contribution in [3.8, 4) is 17.6 Å². The molecule has 5 nitrogen and oxygen atoms in total. The molecule has 8 heteroatoms. The average Bonchev–Trinajstić information content (AvgIpc) is 2.92. The number of halogens is 3. The third-order valence-electron chi connectivity index (χ3n) is 8.53. The quantitative estimate of drug-likeness (QED) is 0.315. The van der Waals surface area contributed by atoms with Gasteiger partial charge < -0.3 is 19.3 Å². The molecule has 1 unspecified atom stereocenters. The van der Waals surface area contributed by atoms with Crippen LogP contribution in [0.15, 0.2) is 61.2 Å². The highest BCUT2D eigenvalue weighted by Crippen LogP contribution is 2.54. The van der Waals surface area contributed by atoms with Gasteiger partial charge in [0.05, 0.1) is 32.8 Å². The summed E-state index contributed by atoms with van der Waals surface area (Å²) < 4.78 is 51.3. The van der Waals surface area contributed by atoms with Gasteiger partial charge in [0.2, 0.25) is 0 Å². The predicted octanol–water partition coefficient (Wildman–Crippen LogP) is 5.09. The normalized spacial score (nSPS) is 28.4. The van der Waals surface area contributed by atoms with Crippen molar-refractivity contribution in [2.24, 2.45) is 0 Å². The van der Waals surface area contributed by atoms with Crippen LogP contribution < -0.4 is 10.1 Å². The van der Waals surface area contributed by atoms with Gasteiger partial charge in [-0.3, -0.25) is 4.79 Å². The summed E-state index contributed by atoms with van der Waals surface area (Å²) in [5.41, 5.74) is -0.0724. The number of ether oxygens (including phenoxy) is 2. The Morgan fingerprint density at radius 1 is 1.21 bits per heavy atom. The van der Waals surface area contributed by atoms with Crippen molar-refractivity contribution >= 4 is 5.91 Å². The molecule has 1 aliphatic heterocycles. The number of hydrogen-bond donors (Lipinski definition) is 1. The molecule has 1 N–H and O–H groups in total. The number of nitrogens with zero attached hydrogens (tertiary/aromatic N) is 1. The van der Waals surface area contributed by atoms with Crippen LogP contribution in [0.5, 0.6) is 5.75 Å². The number of carbonyl (C=O) groups is 1. The minimum atomic E-state index is -4.42. The van der Waals surface area contributed by atoms with Crippen molar-refractivity contribution in [1.82, 2.24) is 5.32 Å². The molecular formula is C31H36F3N2O3+. The van der Waals surface area contributed by atoms with E-state index in [0.717, 1.165) is 66.8 Å². The molecule has 1 heterocycles. The monoisotopic (exact) mass is 541 g/mol. The second-order valence-corrected chi connectivity index (χ2v) is 11.0. The van der Waals surface area contributed by atoms with Gasteiger partial charge in [-0.05, 0) is 67.3 Å². The number of fused-ring (bicyclic) bond motifs is 1. The molecular weight excluding hydrogens is 505 g/mol. The summed E-state index contributed by atoms with van der Waals surface area (Å²) in [6, 6.07) is 12.5. The van der Waals surface area contributed by atoms with Crippen molar-refractivity contribution in [2.75, 3.05) is 40.9 Å². The number of likely N-dealkylation sites (N-methyl/N-ethyl adjacent to an activating group) is 1. The maximum Gasteiger partial charge on any atom is 0.416 e. The molecule has 2 fully saturated rings. The van der Waals surface area contributed by atoms with Gasteiger partial charge >= 0.3 is 6.18 Å². The van der Waals surface area contributed by atoms with E-state index in [-0.39, 0.29) is 11.5 Å². The van der Waals surface area contributed by atoms with E-state index in [1.165, 1.54) is 12.1 Å². The number of benzene rings is 2. The average molecular weight is 542 g/mol. The Morgan fingerprint density at radius 3 is 2.59 bits per heavy atom. The van der Waals surface area contributed by atoms with Gasteiger partial charge in [0.15, 0.2) is 0 Å². The number of quaternary nitrogens is 1. The largest absolute Gasteiger partial charge is 0.497 e. The lowest BCUT2D eigenvalue weighted by molar-refractivity contribution is -0.918. The number of piperidine rings is 1. The zero-order valence-corrected chi connectivity index (χ0v) is 22.7. The van der Waals surface area contributed by atoms with Crippen LogP contribution in [0.25, 0.3) is 0 Å². The second-order valence-electron chi connectivity index (χ2n) is 11.0. The van der Waals surface area contributed by atoms with Crippen LogP contribution in [-0.2, 0) is 21.1 Å². The Kier molecular flexibility index (Phi) is 8.15. The molecule has 208 valence electrons. The van der Waals surface area contributed by atoms with Gasteiger partial charge in [0.25, 0.3) is 5.91 Å². The summed E-state index contributed by atoms with van der Waals surface area (Å²) in [5, 5.41) is 3.07. The molecule has 1 aliphatic carbocycles. The van der Waals surface area contributed by atoms with Crippen molar-refractivity contribution in [2.45, 2.75) is 48.9 Å². The van der Waals surface area contributed by atoms with E-state index >= 15 is 0 Å². The summed E-state index contributed by atoms with van der Waals surface area (Å²) in [6.45, 7) is 6.57. The number of alkyl halides is 3. The van der Waals surface area contributed by atoms with Crippen LogP contribution >= 0.6 is 0 Å². The van der Waals surface area contributed by atoms with Gasteiger partial charge in [0.1, 0.15) is 17.9 Å². The number of hydrogen-bond acceptors (Lipinski definition) is 3. The fourth-order valence-corrected chi connectivity index (χ4v) is 6.56. The number of rotatable bonds is 6. The van der Waals surface area contributed by atoms with Crippen molar-refractivity contribution in [1.29, 1.82) is 0 Å². The highest BCUT2D eigenvalue weighted by Gasteiger charge is 2.62. The van der Waals surface area contributed by atoms with E-state index in [0.29, 0.717) is 12.0 Å². The standard InChI is InChI=1S/C31H35F3N2O3/c1-5-18-36(2)19-17-29(25-7-6-8-27(20-25)38-3)21-26(15-16-30(29,22-36)39-4)35-28(37)14-11-23-9-12-24(13-10-23)31(32,33)34/h5-10,12-13,20,26H,1,15-19,21-22H2,2-4H3/p+1/t26-,29+,30?,36+/m1/s1. The third-order valence-corrected chi connectivity index (χ3v) is 8.53. The number of likely N-dealkylation sites (tertiary alicyclic amines) is 1. The van der Waals surface area contributed by atoms with Crippen molar-refractivity contribution in [3.63, 3.8) is 0 Å². The molecule has 2 aromatic rings. The lowest BCUT2D eigenvalue weighted by Crippen LogP contribution is -2.72. The molecule has 0 radical (unpaired) electrons. The minimum Gasteiger partial charge on any atom is -0.497 e. The molecule has 4 rings (SSSR count). The van der Waals surface area contributed by atoms with Crippen LogP contribution in [0.3, 0.4) is 0 Å². The summed E-state index contributed by atoms with van der Waals surface area (Å²) >= 11 is 0. The highest BCUT2D eigenvalue weighted by molar-refractivity contribution is 5.94. The van der Waals surface area contributed by atoms with Gasteiger partial charge in [-0.15, -0.1) is 0 Å². The molecule has 4 atom stereocenters. The lowest BCUT2D eigenvalue weighted by Gasteiger charge is -2.61. The first-order chi connectivity index (χ1) is 18.5. The third kappa shape index (κ3) is 5.85. The molecule has 2 aliphatic rings. The summed E-state index contributed by atoms with van der Waals surface area (Å²) in [7, 11) is 5.67. The van der Waals surface area contributed by atoms with Gasteiger partial charge in [-0.2, -0.15) is 13.2 Å². The SMILES string of the molecule is C=CC[N@@+]1(C)CC[C@@]2(c3cccc(OC)c3)C[C@H](NC(=O)C#Cc3ccc(C(F)(F)F)cc3)CCC2(OC)C1. The Morgan fingerprint density at radius 2 is 1.95 bits per heavy atom. The summed E-state index contributed by atoms with van der Waals surface area (Å²) in [4.78, 5) is 12.8. The maximum atomic E-state index is 12.8. The number of methoxy groups -OCH3 is 2. The maximum absolute atomic E-state index is 12.8. The zero-order valence-electron chi connectivity index (χ0n) is 22.7. The Balaban J connectivity index is 1.59. The molecule has 39 heavy (non-hydrogen) atoms. The fraction of sp³-hybridized carbons (Fsp3) is 0.452. The molecule has 1 amide bonds. The topological polar surface area (TPSA) is 47.6 Å². The molecule has 0 spiro atoms. The number of nitrogens with one attached hydrogen (secondary N) is 1. The Hall–Kier alpha value is -3.28. The van der Waals surface area contributed by atoms with E-state index in [1.807, 2.05) is 18.2 Å². The summed E-state index contributed by atoms with van der Waals surface area (Å²) in [6.07, 6.45) is 0.562. The van der Waals surface area contributed by atoms with Gasteiger partial charge in [-0.25, -0.2) is 0 Å². The summed E-state index contributed by atoms with van der Waals surface area (Å²) in [5.74, 6) is 5.56. The number of amides is 1. The van der Waals surface area contributed by atoms with Crippen LogP contribution in [-0.4, -0.2) is 62.9 Å². The van der Waals surface area contributed by atoms with E-state index in [2.05, 4.69) is 42.9 Å². The van der Waals surface area contributed by atoms with Crippen LogP contribution in [0, 0.1) is 11.8 Å². The fourth-order valence-electron chi connectivity index (χ4n) is 6.56. The Labute approximate surface area is 228 Å². The van der Waals surface area contributed by atoms with Gasteiger partial charge in [0, 0.05) is 36.5 Å². The highest BCUT2D eigenvalue weighted by atomic mass is 19.4. The van der Waals surface area contributed by atoms with E-state index < -0.39 is 23.2 Å². The molecule has 1 saturated carbocycles. The zero-order chi connectivity index (χ0) is 28.3. The predicted molar refractivity (Wildman–Crippen MR) is 144 cm³/mol. The lowest BCUT2D eigenvalue weighted by atomic mass is 9.54. The smallest absolute Gasteiger partial charge is 0.416 e. The molecule has 0 aromatic heterocycles. The van der Waals surface area contributed by atoms with E-state index in [1.54, 1.807) is 14.2 Å². The van der Waals surface area contributed by atoms with Crippen LogP contribution in [0.2, 0.25) is 0 Å². The van der Waals surface area contributed by atoms with Crippen LogP contribution in [0.4, 0.5) is 13.2 Å². The molecule has 1 saturated heterocycles. The Bertz CT molecular complexity index is 1270. The first-order valence-corrected chi connectivity index (χ1v) is 13.1.